The second-order valence-electron chi connectivity index (χ2n) is 8.63. The number of aliphatic hydroxyl groups excluding tert-OH is 1. The number of aromatic carboxylic acids is 1. The van der Waals surface area contributed by atoms with E-state index in [-0.39, 0.29) is 22.9 Å². The Labute approximate surface area is 216 Å². The molecule has 0 bridgehead atoms. The van der Waals surface area contributed by atoms with Crippen molar-refractivity contribution in [2.24, 2.45) is 16.0 Å². The van der Waals surface area contributed by atoms with Gasteiger partial charge in [-0.2, -0.15) is 0 Å². The summed E-state index contributed by atoms with van der Waals surface area (Å²) in [5, 5.41) is 32.1. The molecule has 1 aliphatic heterocycles. The number of aliphatic imine (C=N–C) groups is 1. The van der Waals surface area contributed by atoms with Crippen molar-refractivity contribution in [3.63, 3.8) is 0 Å². The molecular formula is C23H29N7O4S2. The Morgan fingerprint density at radius 2 is 2.11 bits per heavy atom. The average Bonchev–Trinajstić information content (AvgIpc) is 3.35. The summed E-state index contributed by atoms with van der Waals surface area (Å²) in [6, 6.07) is 1.92. The Hall–Kier alpha value is -3.00. The third-order valence-electron chi connectivity index (χ3n) is 6.30. The molecule has 1 unspecified atom stereocenters. The van der Waals surface area contributed by atoms with E-state index in [1.54, 1.807) is 29.1 Å². The number of thiazole rings is 1. The molecule has 3 aromatic rings. The van der Waals surface area contributed by atoms with Gasteiger partial charge in [-0.25, -0.2) is 14.8 Å². The third kappa shape index (κ3) is 5.09. The topological polar surface area (TPSA) is 159 Å². The van der Waals surface area contributed by atoms with Crippen LogP contribution in [0.25, 0.3) is 16.2 Å². The number of aliphatic hydroxyl groups is 1. The second kappa shape index (κ2) is 10.9. The predicted octanol–water partition coefficient (Wildman–Crippen LogP) is 2.34. The number of aromatic nitrogens is 3. The number of nitrogens with zero attached hydrogens (tertiary/aromatic N) is 5. The zero-order valence-corrected chi connectivity index (χ0v) is 21.8. The number of hydrogen-bond acceptors (Lipinski definition) is 10. The van der Waals surface area contributed by atoms with E-state index in [1.807, 2.05) is 4.90 Å². The molecule has 4 heterocycles. The molecule has 0 amide bonds. The monoisotopic (exact) mass is 531 g/mol. The van der Waals surface area contributed by atoms with Gasteiger partial charge in [0, 0.05) is 36.8 Å². The van der Waals surface area contributed by atoms with Gasteiger partial charge in [-0.1, -0.05) is 13.8 Å². The minimum atomic E-state index is -1.30. The van der Waals surface area contributed by atoms with Crippen LogP contribution in [0.1, 0.15) is 42.6 Å². The van der Waals surface area contributed by atoms with Crippen molar-refractivity contribution in [1.29, 1.82) is 0 Å². The molecule has 5 N–H and O–H groups in total. The number of carboxylic acids is 1. The first-order chi connectivity index (χ1) is 17.3. The minimum absolute atomic E-state index is 0.0719. The Bertz CT molecular complexity index is 1330. The molecule has 36 heavy (non-hydrogen) atoms. The van der Waals surface area contributed by atoms with Crippen molar-refractivity contribution in [2.75, 3.05) is 18.0 Å². The van der Waals surface area contributed by atoms with Gasteiger partial charge in [0.05, 0.1) is 11.4 Å². The largest absolute Gasteiger partial charge is 0.477 e. The molecule has 1 atom stereocenters. The zero-order valence-electron chi connectivity index (χ0n) is 20.2. The predicted molar refractivity (Wildman–Crippen MR) is 143 cm³/mol. The smallest absolute Gasteiger partial charge is 0.341 e. The zero-order chi connectivity index (χ0) is 26.0. The molecule has 3 aromatic heterocycles. The van der Waals surface area contributed by atoms with Crippen LogP contribution in [0.15, 0.2) is 33.6 Å². The van der Waals surface area contributed by atoms with Crippen LogP contribution >= 0.6 is 23.3 Å². The fraction of sp³-hybridized carbons (Fsp3) is 0.435. The van der Waals surface area contributed by atoms with E-state index in [4.69, 9.17) is 10.1 Å². The fourth-order valence-corrected chi connectivity index (χ4v) is 5.17. The molecule has 0 aromatic carbocycles. The van der Waals surface area contributed by atoms with Crippen LogP contribution in [0.2, 0.25) is 0 Å². The number of fused-ring (bicyclic) bond motifs is 1. The molecule has 0 aliphatic carbocycles. The van der Waals surface area contributed by atoms with Crippen molar-refractivity contribution in [1.82, 2.24) is 19.9 Å². The van der Waals surface area contributed by atoms with E-state index in [0.717, 1.165) is 24.8 Å². The van der Waals surface area contributed by atoms with Gasteiger partial charge in [0.1, 0.15) is 17.6 Å². The number of nitrogens with two attached hydrogens (primary N) is 1. The minimum Gasteiger partial charge on any atom is -0.477 e. The number of hydrogen-bond donors (Lipinski definition) is 4. The summed E-state index contributed by atoms with van der Waals surface area (Å²) in [4.78, 5) is 40.2. The van der Waals surface area contributed by atoms with E-state index in [0.29, 0.717) is 40.4 Å². The lowest BCUT2D eigenvalue weighted by Crippen LogP contribution is -2.57. The molecule has 0 spiro atoms. The molecule has 1 aliphatic rings. The second-order valence-corrected chi connectivity index (χ2v) is 10.1. The van der Waals surface area contributed by atoms with E-state index < -0.39 is 17.6 Å². The SMILES string of the molecule is CCC(CC)/N=C(/NC(O)C1CN(c2cc(C)c3c(=O)c(C(=O)O)cn(-c4nccs4)c3n2)C1)SN. The van der Waals surface area contributed by atoms with E-state index in [2.05, 4.69) is 29.1 Å². The Morgan fingerprint density at radius 1 is 1.39 bits per heavy atom. The first kappa shape index (κ1) is 26.1. The van der Waals surface area contributed by atoms with Crippen LogP contribution in [0.3, 0.4) is 0 Å². The van der Waals surface area contributed by atoms with Gasteiger partial charge in [0.15, 0.2) is 15.9 Å². The van der Waals surface area contributed by atoms with E-state index in [9.17, 15) is 19.8 Å². The van der Waals surface area contributed by atoms with Crippen LogP contribution < -0.4 is 20.8 Å². The first-order valence-electron chi connectivity index (χ1n) is 11.6. The number of amidine groups is 1. The highest BCUT2D eigenvalue weighted by Gasteiger charge is 2.34. The Morgan fingerprint density at radius 3 is 2.69 bits per heavy atom. The van der Waals surface area contributed by atoms with Gasteiger partial charge < -0.3 is 20.4 Å². The van der Waals surface area contributed by atoms with Crippen LogP contribution in [0.4, 0.5) is 5.82 Å². The van der Waals surface area contributed by atoms with Gasteiger partial charge in [0.2, 0.25) is 5.43 Å². The van der Waals surface area contributed by atoms with Gasteiger partial charge in [-0.3, -0.25) is 19.5 Å². The van der Waals surface area contributed by atoms with Crippen molar-refractivity contribution >= 4 is 51.3 Å². The summed E-state index contributed by atoms with van der Waals surface area (Å²) in [5.41, 5.74) is 0.0505. The van der Waals surface area contributed by atoms with E-state index >= 15 is 0 Å². The molecule has 4 rings (SSSR count). The quantitative estimate of drug-likeness (QED) is 0.147. The molecule has 1 saturated heterocycles. The summed E-state index contributed by atoms with van der Waals surface area (Å²) < 4.78 is 1.55. The van der Waals surface area contributed by atoms with Crippen molar-refractivity contribution in [2.45, 2.75) is 45.9 Å². The summed E-state index contributed by atoms with van der Waals surface area (Å²) in [7, 11) is 0. The summed E-state index contributed by atoms with van der Waals surface area (Å²) in [6.45, 7) is 6.96. The number of rotatable bonds is 8. The third-order valence-corrected chi connectivity index (χ3v) is 7.52. The van der Waals surface area contributed by atoms with Crippen molar-refractivity contribution < 1.29 is 15.0 Å². The van der Waals surface area contributed by atoms with E-state index in [1.165, 1.54) is 17.5 Å². The molecule has 13 heteroatoms. The summed E-state index contributed by atoms with van der Waals surface area (Å²) in [5.74, 6) is -0.738. The number of nitrogens with one attached hydrogen (secondary N) is 1. The maximum atomic E-state index is 12.9. The highest BCUT2D eigenvalue weighted by molar-refractivity contribution is 8.11. The summed E-state index contributed by atoms with van der Waals surface area (Å²) in [6.07, 6.45) is 3.85. The lowest BCUT2D eigenvalue weighted by atomic mass is 9.97. The van der Waals surface area contributed by atoms with Gasteiger partial charge in [0.25, 0.3) is 0 Å². The lowest BCUT2D eigenvalue weighted by Gasteiger charge is -2.42. The highest BCUT2D eigenvalue weighted by Crippen LogP contribution is 2.29. The number of aryl methyl sites for hydroxylation is 1. The lowest BCUT2D eigenvalue weighted by molar-refractivity contribution is 0.0695. The molecule has 1 fully saturated rings. The highest BCUT2D eigenvalue weighted by atomic mass is 32.2. The van der Waals surface area contributed by atoms with Crippen molar-refractivity contribution in [3.8, 4) is 5.13 Å². The van der Waals surface area contributed by atoms with Crippen LogP contribution in [-0.4, -0.2) is 61.2 Å². The average molecular weight is 532 g/mol. The maximum absolute atomic E-state index is 12.9. The number of carbonyl (C=O) groups is 1. The standard InChI is InChI=1S/C23H29N7O4S2/c1-4-14(5-2)26-22(36-24)28-20(32)13-9-29(10-13)16-8-12(3)17-18(31)15(21(33)34)11-30(19(17)27-16)23-25-6-7-35-23/h6-8,11,13-14,20,32H,4-5,9-10,24H2,1-3H3,(H,26,28)(H,33,34). The molecule has 192 valence electrons. The molecule has 0 radical (unpaired) electrons. The van der Waals surface area contributed by atoms with Gasteiger partial charge >= 0.3 is 5.97 Å². The number of carboxylic acid groups (broad SMARTS) is 1. The fourth-order valence-electron chi connectivity index (χ4n) is 4.15. The molecule has 11 nitrogen and oxygen atoms in total. The van der Waals surface area contributed by atoms with Gasteiger partial charge in [-0.15, -0.1) is 11.3 Å². The Balaban J connectivity index is 1.60. The van der Waals surface area contributed by atoms with Crippen molar-refractivity contribution in [3.05, 3.63) is 45.2 Å². The number of pyridine rings is 2. The first-order valence-corrected chi connectivity index (χ1v) is 13.4. The molecular weight excluding hydrogens is 502 g/mol. The summed E-state index contributed by atoms with van der Waals surface area (Å²) >= 11 is 2.30. The van der Waals surface area contributed by atoms with Gasteiger partial charge in [-0.05, 0) is 43.3 Å². The van der Waals surface area contributed by atoms with Crippen LogP contribution in [0, 0.1) is 12.8 Å². The number of anilines is 1. The van der Waals surface area contributed by atoms with Crippen LogP contribution in [-0.2, 0) is 0 Å². The Kier molecular flexibility index (Phi) is 7.93. The normalized spacial score (nSPS) is 15.4. The maximum Gasteiger partial charge on any atom is 0.341 e. The van der Waals surface area contributed by atoms with Crippen LogP contribution in [0.5, 0.6) is 0 Å². The molecule has 0 saturated carbocycles.